The zero-order chi connectivity index (χ0) is 14.8. The van der Waals surface area contributed by atoms with Crippen LogP contribution in [0.25, 0.3) is 0 Å². The van der Waals surface area contributed by atoms with Crippen molar-refractivity contribution in [2.45, 2.75) is 32.7 Å². The smallest absolute Gasteiger partial charge is 0.335 e. The second-order valence-corrected chi connectivity index (χ2v) is 5.86. The Morgan fingerprint density at radius 1 is 1.35 bits per heavy atom. The average Bonchev–Trinajstić information content (AvgIpc) is 2.96. The van der Waals surface area contributed by atoms with Gasteiger partial charge >= 0.3 is 12.0 Å². The third-order valence-electron chi connectivity index (χ3n) is 3.75. The van der Waals surface area contributed by atoms with Crippen molar-refractivity contribution in [1.82, 2.24) is 10.6 Å². The van der Waals surface area contributed by atoms with Crippen molar-refractivity contribution in [2.24, 2.45) is 5.41 Å². The molecule has 0 aliphatic heterocycles. The molecular weight excluding hydrogens is 256 g/mol. The van der Waals surface area contributed by atoms with Crippen LogP contribution in [0.15, 0.2) is 24.3 Å². The Hall–Kier alpha value is -2.04. The van der Waals surface area contributed by atoms with E-state index in [-0.39, 0.29) is 23.1 Å². The van der Waals surface area contributed by atoms with Crippen molar-refractivity contribution in [2.75, 3.05) is 6.54 Å². The molecule has 20 heavy (non-hydrogen) atoms. The lowest BCUT2D eigenvalue weighted by atomic mass is 10.0. The van der Waals surface area contributed by atoms with E-state index >= 15 is 0 Å². The maximum atomic E-state index is 11.7. The number of carboxylic acids is 1. The van der Waals surface area contributed by atoms with Crippen molar-refractivity contribution < 1.29 is 14.7 Å². The lowest BCUT2D eigenvalue weighted by molar-refractivity contribution is 0.0695. The highest BCUT2D eigenvalue weighted by Gasteiger charge is 2.46. The first-order valence-electron chi connectivity index (χ1n) is 6.76. The fourth-order valence-electron chi connectivity index (χ4n) is 2.18. The maximum Gasteiger partial charge on any atom is 0.335 e. The van der Waals surface area contributed by atoms with Crippen LogP contribution in [0.1, 0.15) is 36.2 Å². The van der Waals surface area contributed by atoms with Gasteiger partial charge in [-0.25, -0.2) is 9.59 Å². The molecule has 0 heterocycles. The minimum atomic E-state index is -0.940. The van der Waals surface area contributed by atoms with Crippen molar-refractivity contribution in [1.29, 1.82) is 0 Å². The molecule has 1 unspecified atom stereocenters. The molecule has 2 amide bonds. The van der Waals surface area contributed by atoms with E-state index in [1.807, 2.05) is 0 Å². The van der Waals surface area contributed by atoms with E-state index in [2.05, 4.69) is 24.5 Å². The highest BCUT2D eigenvalue weighted by atomic mass is 16.4. The Kier molecular flexibility index (Phi) is 3.97. The summed E-state index contributed by atoms with van der Waals surface area (Å²) in [6.07, 6.45) is 1.51. The molecule has 2 rings (SSSR count). The summed E-state index contributed by atoms with van der Waals surface area (Å²) in [7, 11) is 0. The summed E-state index contributed by atoms with van der Waals surface area (Å²) in [6.45, 7) is 4.64. The summed E-state index contributed by atoms with van der Waals surface area (Å²) in [5.41, 5.74) is 1.22. The van der Waals surface area contributed by atoms with E-state index < -0.39 is 5.97 Å². The van der Waals surface area contributed by atoms with Crippen LogP contribution in [0.5, 0.6) is 0 Å². The van der Waals surface area contributed by atoms with Crippen LogP contribution in [-0.4, -0.2) is 29.7 Å². The first-order valence-corrected chi connectivity index (χ1v) is 6.76. The van der Waals surface area contributed by atoms with Gasteiger partial charge in [0.2, 0.25) is 0 Å². The summed E-state index contributed by atoms with van der Waals surface area (Å²) in [6, 6.07) is 6.90. The van der Waals surface area contributed by atoms with E-state index in [4.69, 9.17) is 5.11 Å². The number of rotatable bonds is 5. The SMILES string of the molecule is CC1(C)CC1NC(=O)NCCc1ccccc1C(=O)O. The Balaban J connectivity index is 1.79. The molecule has 108 valence electrons. The Morgan fingerprint density at radius 3 is 2.60 bits per heavy atom. The zero-order valence-corrected chi connectivity index (χ0v) is 11.8. The second-order valence-electron chi connectivity index (χ2n) is 5.86. The lowest BCUT2D eigenvalue weighted by Gasteiger charge is -2.10. The third-order valence-corrected chi connectivity index (χ3v) is 3.75. The average molecular weight is 276 g/mol. The van der Waals surface area contributed by atoms with Gasteiger partial charge in [0.05, 0.1) is 5.56 Å². The molecule has 5 nitrogen and oxygen atoms in total. The summed E-state index contributed by atoms with van der Waals surface area (Å²) < 4.78 is 0. The predicted octanol–water partition coefficient (Wildman–Crippen LogP) is 2.02. The monoisotopic (exact) mass is 276 g/mol. The minimum Gasteiger partial charge on any atom is -0.478 e. The number of carbonyl (C=O) groups excluding carboxylic acids is 1. The molecule has 0 radical (unpaired) electrons. The summed E-state index contributed by atoms with van der Waals surface area (Å²) >= 11 is 0. The number of carboxylic acid groups (broad SMARTS) is 1. The molecule has 1 saturated carbocycles. The van der Waals surface area contributed by atoms with Gasteiger partial charge in [-0.3, -0.25) is 0 Å². The summed E-state index contributed by atoms with van der Waals surface area (Å²) in [5.74, 6) is -0.940. The molecule has 0 spiro atoms. The molecule has 1 aliphatic carbocycles. The fourth-order valence-corrected chi connectivity index (χ4v) is 2.18. The molecule has 1 aromatic carbocycles. The van der Waals surface area contributed by atoms with Crippen molar-refractivity contribution in [3.8, 4) is 0 Å². The van der Waals surface area contributed by atoms with Crippen molar-refractivity contribution in [3.63, 3.8) is 0 Å². The Morgan fingerprint density at radius 2 is 2.00 bits per heavy atom. The summed E-state index contributed by atoms with van der Waals surface area (Å²) in [4.78, 5) is 22.7. The molecule has 1 aromatic rings. The van der Waals surface area contributed by atoms with Gasteiger partial charge in [0.15, 0.2) is 0 Å². The number of aromatic carboxylic acids is 1. The minimum absolute atomic E-state index is 0.187. The fraction of sp³-hybridized carbons (Fsp3) is 0.467. The normalized spacial score (nSPS) is 19.2. The predicted molar refractivity (Wildman–Crippen MR) is 75.8 cm³/mol. The van der Waals surface area contributed by atoms with E-state index in [0.29, 0.717) is 13.0 Å². The molecule has 0 saturated heterocycles. The topological polar surface area (TPSA) is 78.4 Å². The van der Waals surface area contributed by atoms with E-state index in [0.717, 1.165) is 12.0 Å². The van der Waals surface area contributed by atoms with Gasteiger partial charge in [-0.1, -0.05) is 32.0 Å². The summed E-state index contributed by atoms with van der Waals surface area (Å²) in [5, 5.41) is 14.7. The number of benzene rings is 1. The largest absolute Gasteiger partial charge is 0.478 e. The molecule has 3 N–H and O–H groups in total. The first-order chi connectivity index (χ1) is 9.40. The Labute approximate surface area is 118 Å². The van der Waals surface area contributed by atoms with Crippen LogP contribution in [-0.2, 0) is 6.42 Å². The van der Waals surface area contributed by atoms with Crippen LogP contribution < -0.4 is 10.6 Å². The van der Waals surface area contributed by atoms with Crippen LogP contribution >= 0.6 is 0 Å². The van der Waals surface area contributed by atoms with Crippen molar-refractivity contribution in [3.05, 3.63) is 35.4 Å². The molecule has 0 bridgehead atoms. The molecule has 5 heteroatoms. The van der Waals surface area contributed by atoms with Gasteiger partial charge in [0, 0.05) is 12.6 Å². The van der Waals surface area contributed by atoms with Crippen LogP contribution in [0.3, 0.4) is 0 Å². The van der Waals surface area contributed by atoms with Gasteiger partial charge in [0.1, 0.15) is 0 Å². The standard InChI is InChI=1S/C15H20N2O3/c1-15(2)9-12(15)17-14(20)16-8-7-10-5-3-4-6-11(10)13(18)19/h3-6,12H,7-9H2,1-2H3,(H,18,19)(H2,16,17,20). The highest BCUT2D eigenvalue weighted by molar-refractivity contribution is 5.89. The van der Waals surface area contributed by atoms with Crippen LogP contribution in [0.2, 0.25) is 0 Å². The Bertz CT molecular complexity index is 526. The van der Waals surface area contributed by atoms with Gasteiger partial charge in [-0.15, -0.1) is 0 Å². The third kappa shape index (κ3) is 3.50. The number of nitrogens with one attached hydrogen (secondary N) is 2. The van der Waals surface area contributed by atoms with E-state index in [1.165, 1.54) is 0 Å². The van der Waals surface area contributed by atoms with E-state index in [1.54, 1.807) is 24.3 Å². The molecule has 1 fully saturated rings. The quantitative estimate of drug-likeness (QED) is 0.770. The second kappa shape index (κ2) is 5.53. The van der Waals surface area contributed by atoms with Crippen molar-refractivity contribution >= 4 is 12.0 Å². The van der Waals surface area contributed by atoms with E-state index in [9.17, 15) is 9.59 Å². The maximum absolute atomic E-state index is 11.7. The molecule has 1 aliphatic rings. The molecule has 0 aromatic heterocycles. The first kappa shape index (κ1) is 14.4. The van der Waals surface area contributed by atoms with Gasteiger partial charge in [-0.2, -0.15) is 0 Å². The van der Waals surface area contributed by atoms with Gasteiger partial charge in [-0.05, 0) is 29.9 Å². The van der Waals surface area contributed by atoms with Crippen LogP contribution in [0.4, 0.5) is 4.79 Å². The lowest BCUT2D eigenvalue weighted by Crippen LogP contribution is -2.39. The molecular formula is C15H20N2O3. The molecule has 1 atom stereocenters. The number of hydrogen-bond donors (Lipinski definition) is 3. The zero-order valence-electron chi connectivity index (χ0n) is 11.8. The van der Waals surface area contributed by atoms with Gasteiger partial charge in [0.25, 0.3) is 0 Å². The number of carbonyl (C=O) groups is 2. The highest BCUT2D eigenvalue weighted by Crippen LogP contribution is 2.44. The van der Waals surface area contributed by atoms with Gasteiger partial charge < -0.3 is 15.7 Å². The number of urea groups is 1. The van der Waals surface area contributed by atoms with Crippen LogP contribution in [0, 0.1) is 5.41 Å². The number of amides is 2. The number of hydrogen-bond acceptors (Lipinski definition) is 2.